The van der Waals surface area contributed by atoms with Crippen molar-refractivity contribution in [3.8, 4) is 5.69 Å². The third-order valence-electron chi connectivity index (χ3n) is 7.11. The molecule has 1 aromatic heterocycles. The van der Waals surface area contributed by atoms with Gasteiger partial charge in [-0.3, -0.25) is 5.41 Å². The van der Waals surface area contributed by atoms with Gasteiger partial charge in [0.15, 0.2) is 6.17 Å². The van der Waals surface area contributed by atoms with Crippen LogP contribution in [-0.2, 0) is 16.9 Å². The Morgan fingerprint density at radius 3 is 2.30 bits per heavy atom. The molecule has 6 rings (SSSR count). The first-order valence-corrected chi connectivity index (χ1v) is 12.4. The first kappa shape index (κ1) is 23.1. The predicted molar refractivity (Wildman–Crippen MR) is 136 cm³/mol. The molecule has 10 heteroatoms. The van der Waals surface area contributed by atoms with Crippen molar-refractivity contribution in [2.75, 3.05) is 6.54 Å². The number of hydrogen-bond acceptors (Lipinski definition) is 5. The van der Waals surface area contributed by atoms with Gasteiger partial charge in [0, 0.05) is 6.54 Å². The summed E-state index contributed by atoms with van der Waals surface area (Å²) in [6.07, 6.45) is 2.33. The van der Waals surface area contributed by atoms with Crippen LogP contribution in [0.2, 0.25) is 0 Å². The number of guanidine groups is 1. The summed E-state index contributed by atoms with van der Waals surface area (Å²) >= 11 is 0. The Morgan fingerprint density at radius 2 is 1.65 bits per heavy atom. The van der Waals surface area contributed by atoms with E-state index < -0.39 is 29.2 Å². The molecule has 2 aliphatic heterocycles. The molecular formula is C27H28N6O4. The van der Waals surface area contributed by atoms with E-state index in [0.29, 0.717) is 23.8 Å². The summed E-state index contributed by atoms with van der Waals surface area (Å²) in [5.41, 5.74) is -0.203. The average molecular weight is 501 g/mol. The van der Waals surface area contributed by atoms with Crippen LogP contribution < -0.4 is 11.4 Å². The summed E-state index contributed by atoms with van der Waals surface area (Å²) in [7, 11) is 0. The molecule has 3 heterocycles. The smallest absolute Gasteiger partial charge is 0.421 e. The van der Waals surface area contributed by atoms with Crippen LogP contribution in [0.3, 0.4) is 0 Å². The van der Waals surface area contributed by atoms with E-state index >= 15 is 0 Å². The lowest BCUT2D eigenvalue weighted by atomic mass is 10.0. The molecule has 0 spiro atoms. The number of rotatable bonds is 5. The molecule has 1 saturated heterocycles. The molecule has 10 nitrogen and oxygen atoms in total. The van der Waals surface area contributed by atoms with Crippen LogP contribution in [0.1, 0.15) is 38.4 Å². The topological polar surface area (TPSA) is 106 Å². The average Bonchev–Trinajstić information content (AvgIpc) is 3.61. The van der Waals surface area contributed by atoms with Crippen LogP contribution in [-0.4, -0.2) is 42.3 Å². The molecule has 1 atom stereocenters. The standard InChI is InChI=1S/C27H28N6O4/c1-27(2)15-21-22(32-24(34)30(25(35)33(27)32)20-11-7-4-8-12-20)29(16-18-13-14-18)23(28)31(21)26(36)37-17-19-9-5-3-6-10-19/h3-12,15,18,22,28H,13-14,16-17H2,1-2H3. The number of nitrogens with zero attached hydrogens (tertiary/aromatic N) is 5. The second-order valence-electron chi connectivity index (χ2n) is 10.3. The van der Waals surface area contributed by atoms with E-state index in [0.717, 1.165) is 23.0 Å². The Hall–Kier alpha value is -4.34. The van der Waals surface area contributed by atoms with E-state index in [1.165, 1.54) is 14.3 Å². The first-order chi connectivity index (χ1) is 17.8. The summed E-state index contributed by atoms with van der Waals surface area (Å²) in [6, 6.07) is 18.1. The summed E-state index contributed by atoms with van der Waals surface area (Å²) in [4.78, 5) is 43.8. The Labute approximate surface area is 213 Å². The zero-order chi connectivity index (χ0) is 25.9. The first-order valence-electron chi connectivity index (χ1n) is 12.4. The molecule has 0 radical (unpaired) electrons. The molecule has 1 aliphatic carbocycles. The van der Waals surface area contributed by atoms with E-state index in [2.05, 4.69) is 0 Å². The van der Waals surface area contributed by atoms with Crippen LogP contribution in [0.25, 0.3) is 5.69 Å². The quantitative estimate of drug-likeness (QED) is 0.579. The molecule has 190 valence electrons. The number of carbonyl (C=O) groups is 1. The lowest BCUT2D eigenvalue weighted by Crippen LogP contribution is -2.48. The summed E-state index contributed by atoms with van der Waals surface area (Å²) < 4.78 is 9.58. The van der Waals surface area contributed by atoms with Gasteiger partial charge in [-0.15, -0.1) is 0 Å². The number of amides is 1. The Morgan fingerprint density at radius 1 is 1.00 bits per heavy atom. The van der Waals surface area contributed by atoms with Gasteiger partial charge in [-0.2, -0.15) is 0 Å². The highest BCUT2D eigenvalue weighted by atomic mass is 16.6. The van der Waals surface area contributed by atoms with Gasteiger partial charge in [-0.1, -0.05) is 48.5 Å². The molecule has 1 unspecified atom stereocenters. The van der Waals surface area contributed by atoms with Gasteiger partial charge in [0.1, 0.15) is 6.61 Å². The largest absolute Gasteiger partial charge is 0.444 e. The van der Waals surface area contributed by atoms with E-state index in [1.807, 2.05) is 50.2 Å². The monoisotopic (exact) mass is 500 g/mol. The number of carbonyl (C=O) groups excluding carboxylic acids is 1. The number of nitrogens with one attached hydrogen (secondary N) is 1. The van der Waals surface area contributed by atoms with E-state index in [-0.39, 0.29) is 12.6 Å². The highest BCUT2D eigenvalue weighted by Crippen LogP contribution is 2.42. The number of fused-ring (bicyclic) bond motifs is 3. The van der Waals surface area contributed by atoms with Gasteiger partial charge < -0.3 is 9.64 Å². The van der Waals surface area contributed by atoms with Crippen molar-refractivity contribution in [2.45, 2.75) is 45.0 Å². The molecule has 3 aliphatic rings. The van der Waals surface area contributed by atoms with Crippen molar-refractivity contribution in [3.63, 3.8) is 0 Å². The maximum atomic E-state index is 13.9. The SMILES string of the molecule is CC1(C)C=C2C(N(CC3CC3)C(=N)N2C(=O)OCc2ccccc2)n2c(=O)n(-c3ccccc3)c(=O)n21. The van der Waals surface area contributed by atoms with Crippen molar-refractivity contribution in [1.82, 2.24) is 23.7 Å². The zero-order valence-corrected chi connectivity index (χ0v) is 20.7. The Balaban J connectivity index is 1.45. The zero-order valence-electron chi connectivity index (χ0n) is 20.7. The van der Waals surface area contributed by atoms with Gasteiger partial charge in [0.2, 0.25) is 5.96 Å². The van der Waals surface area contributed by atoms with E-state index in [1.54, 1.807) is 35.2 Å². The number of ether oxygens (including phenoxy) is 1. The van der Waals surface area contributed by atoms with Crippen molar-refractivity contribution in [1.29, 1.82) is 5.41 Å². The van der Waals surface area contributed by atoms with Crippen molar-refractivity contribution < 1.29 is 9.53 Å². The van der Waals surface area contributed by atoms with Gasteiger partial charge >= 0.3 is 17.5 Å². The van der Waals surface area contributed by atoms with Gasteiger partial charge in [0.05, 0.1) is 16.9 Å². The third kappa shape index (κ3) is 3.71. The molecule has 1 N–H and O–H groups in total. The number of para-hydroxylation sites is 1. The summed E-state index contributed by atoms with van der Waals surface area (Å²) in [6.45, 7) is 4.18. The number of aromatic nitrogens is 3. The molecule has 2 fully saturated rings. The fraction of sp³-hybridized carbons (Fsp3) is 0.333. The van der Waals surface area contributed by atoms with Gasteiger partial charge in [-0.05, 0) is 56.4 Å². The predicted octanol–water partition coefficient (Wildman–Crippen LogP) is 3.23. The minimum Gasteiger partial charge on any atom is -0.444 e. The highest BCUT2D eigenvalue weighted by molar-refractivity contribution is 5.97. The van der Waals surface area contributed by atoms with Crippen LogP contribution >= 0.6 is 0 Å². The fourth-order valence-electron chi connectivity index (χ4n) is 5.19. The normalized spacial score (nSPS) is 19.9. The summed E-state index contributed by atoms with van der Waals surface area (Å²) in [5, 5.41) is 8.96. The fourth-order valence-corrected chi connectivity index (χ4v) is 5.19. The number of benzene rings is 2. The molecular weight excluding hydrogens is 472 g/mol. The maximum Gasteiger partial charge on any atom is 0.421 e. The van der Waals surface area contributed by atoms with E-state index in [4.69, 9.17) is 10.1 Å². The van der Waals surface area contributed by atoms with Gasteiger partial charge in [-0.25, -0.2) is 33.2 Å². The molecule has 1 saturated carbocycles. The Kier molecular flexibility index (Phi) is 5.22. The van der Waals surface area contributed by atoms with Gasteiger partial charge in [0.25, 0.3) is 0 Å². The number of hydrogen-bond donors (Lipinski definition) is 1. The van der Waals surface area contributed by atoms with Crippen molar-refractivity contribution >= 4 is 12.1 Å². The minimum absolute atomic E-state index is 0.0580. The third-order valence-corrected chi connectivity index (χ3v) is 7.11. The number of allylic oxidation sites excluding steroid dienone is 1. The minimum atomic E-state index is -0.948. The second-order valence-corrected chi connectivity index (χ2v) is 10.3. The summed E-state index contributed by atoms with van der Waals surface area (Å²) in [5.74, 6) is 0.307. The maximum absolute atomic E-state index is 13.9. The van der Waals surface area contributed by atoms with Crippen LogP contribution in [0.4, 0.5) is 4.79 Å². The van der Waals surface area contributed by atoms with Crippen molar-refractivity contribution in [3.05, 3.63) is 99.0 Å². The molecule has 1 amide bonds. The van der Waals surface area contributed by atoms with Crippen LogP contribution in [0.5, 0.6) is 0 Å². The lowest BCUT2D eigenvalue weighted by Gasteiger charge is -2.35. The van der Waals surface area contributed by atoms with Crippen LogP contribution in [0, 0.1) is 11.3 Å². The second kappa shape index (κ2) is 8.36. The lowest BCUT2D eigenvalue weighted by molar-refractivity contribution is 0.120. The molecule has 0 bridgehead atoms. The molecule has 37 heavy (non-hydrogen) atoms. The van der Waals surface area contributed by atoms with Crippen molar-refractivity contribution in [2.24, 2.45) is 5.92 Å². The van der Waals surface area contributed by atoms with Crippen LogP contribution in [0.15, 0.2) is 82.0 Å². The molecule has 3 aromatic rings. The molecule has 2 aromatic carbocycles. The van der Waals surface area contributed by atoms with E-state index in [9.17, 15) is 14.4 Å². The highest BCUT2D eigenvalue weighted by Gasteiger charge is 2.52. The Bertz CT molecular complexity index is 1530.